The van der Waals surface area contributed by atoms with Crippen molar-refractivity contribution in [2.75, 3.05) is 23.3 Å². The number of aliphatic hydroxyl groups excluding tert-OH is 2. The maximum atomic E-state index is 9.42. The minimum atomic E-state index is -0.373. The molecule has 2 nitrogen and oxygen atoms in total. The summed E-state index contributed by atoms with van der Waals surface area (Å²) in [5, 5.41) is 20.2. The van der Waals surface area contributed by atoms with Crippen LogP contribution in [0.5, 0.6) is 0 Å². The summed E-state index contributed by atoms with van der Waals surface area (Å²) in [6.07, 6.45) is 4.07. The normalized spacial score (nSPS) is 28.0. The summed E-state index contributed by atoms with van der Waals surface area (Å²) in [6.45, 7) is 0. The van der Waals surface area contributed by atoms with Crippen molar-refractivity contribution in [3.05, 3.63) is 0 Å². The molecule has 0 aromatic carbocycles. The van der Waals surface area contributed by atoms with Crippen LogP contribution in [0.1, 0.15) is 25.7 Å². The molecule has 108 valence electrons. The van der Waals surface area contributed by atoms with Gasteiger partial charge in [0, 0.05) is 33.8 Å². The van der Waals surface area contributed by atoms with E-state index in [1.54, 1.807) is 0 Å². The smallest absolute Gasteiger partial charge is 0.0765 e. The zero-order chi connectivity index (χ0) is 13.4. The molecule has 2 unspecified atom stereocenters. The number of alkyl halides is 2. The van der Waals surface area contributed by atoms with Gasteiger partial charge in [-0.25, -0.2) is 0 Å². The van der Waals surface area contributed by atoms with Crippen LogP contribution in [-0.4, -0.2) is 56.2 Å². The van der Waals surface area contributed by atoms with E-state index in [-0.39, 0.29) is 12.2 Å². The lowest BCUT2D eigenvalue weighted by atomic mass is 10.00. The monoisotopic (exact) mass is 332 g/mol. The SMILES string of the molecule is OC(CCl)CSC1CCC(SCC(O)CCl)CC1. The number of hydrogen-bond donors (Lipinski definition) is 2. The van der Waals surface area contributed by atoms with Gasteiger partial charge in [-0.05, 0) is 25.7 Å². The number of halogens is 2. The highest BCUT2D eigenvalue weighted by atomic mass is 35.5. The number of aliphatic hydroxyl groups is 2. The first-order valence-corrected chi connectivity index (χ1v) is 9.53. The van der Waals surface area contributed by atoms with Crippen LogP contribution >= 0.6 is 46.7 Å². The molecule has 6 heteroatoms. The maximum absolute atomic E-state index is 9.42. The van der Waals surface area contributed by atoms with Gasteiger partial charge in [0.2, 0.25) is 0 Å². The van der Waals surface area contributed by atoms with Gasteiger partial charge in [-0.2, -0.15) is 23.5 Å². The van der Waals surface area contributed by atoms with Gasteiger partial charge in [0.1, 0.15) is 0 Å². The molecule has 0 radical (unpaired) electrons. The summed E-state index contributed by atoms with van der Waals surface area (Å²) in [7, 11) is 0. The molecule has 0 spiro atoms. The van der Waals surface area contributed by atoms with Gasteiger partial charge >= 0.3 is 0 Å². The van der Waals surface area contributed by atoms with Gasteiger partial charge < -0.3 is 10.2 Å². The Kier molecular flexibility index (Phi) is 9.59. The number of hydrogen-bond acceptors (Lipinski definition) is 4. The van der Waals surface area contributed by atoms with E-state index < -0.39 is 0 Å². The lowest BCUT2D eigenvalue weighted by Gasteiger charge is -2.28. The van der Waals surface area contributed by atoms with Crippen molar-refractivity contribution in [2.24, 2.45) is 0 Å². The Morgan fingerprint density at radius 2 is 1.17 bits per heavy atom. The van der Waals surface area contributed by atoms with Crippen molar-refractivity contribution in [1.29, 1.82) is 0 Å². The van der Waals surface area contributed by atoms with Crippen LogP contribution in [-0.2, 0) is 0 Å². The van der Waals surface area contributed by atoms with E-state index in [2.05, 4.69) is 0 Å². The van der Waals surface area contributed by atoms with E-state index in [1.165, 1.54) is 25.7 Å². The first-order valence-electron chi connectivity index (χ1n) is 6.37. The predicted octanol–water partition coefficient (Wildman–Crippen LogP) is 2.96. The van der Waals surface area contributed by atoms with E-state index >= 15 is 0 Å². The van der Waals surface area contributed by atoms with Crippen LogP contribution in [0.2, 0.25) is 0 Å². The summed E-state index contributed by atoms with van der Waals surface area (Å²) in [6, 6.07) is 0. The van der Waals surface area contributed by atoms with Crippen LogP contribution in [0.15, 0.2) is 0 Å². The summed E-state index contributed by atoms with van der Waals surface area (Å²) in [5.74, 6) is 2.15. The Morgan fingerprint density at radius 1 is 0.833 bits per heavy atom. The van der Waals surface area contributed by atoms with Crippen LogP contribution in [0, 0.1) is 0 Å². The third-order valence-corrected chi connectivity index (χ3v) is 6.78. The van der Waals surface area contributed by atoms with Crippen molar-refractivity contribution in [3.8, 4) is 0 Å². The predicted molar refractivity (Wildman–Crippen MR) is 84.4 cm³/mol. The Balaban J connectivity index is 2.09. The topological polar surface area (TPSA) is 40.5 Å². The third kappa shape index (κ3) is 7.11. The van der Waals surface area contributed by atoms with E-state index in [4.69, 9.17) is 23.2 Å². The van der Waals surface area contributed by atoms with Crippen LogP contribution in [0.3, 0.4) is 0 Å². The lowest BCUT2D eigenvalue weighted by Crippen LogP contribution is -2.22. The highest BCUT2D eigenvalue weighted by molar-refractivity contribution is 8.00. The van der Waals surface area contributed by atoms with Crippen molar-refractivity contribution in [2.45, 2.75) is 48.4 Å². The third-order valence-electron chi connectivity index (χ3n) is 3.03. The van der Waals surface area contributed by atoms with E-state index in [0.717, 1.165) is 11.5 Å². The van der Waals surface area contributed by atoms with Crippen molar-refractivity contribution in [1.82, 2.24) is 0 Å². The molecule has 0 aromatic rings. The number of rotatable bonds is 8. The van der Waals surface area contributed by atoms with Gasteiger partial charge in [0.15, 0.2) is 0 Å². The number of thioether (sulfide) groups is 2. The molecule has 0 bridgehead atoms. The Labute approximate surface area is 128 Å². The minimum absolute atomic E-state index is 0.328. The molecule has 1 aliphatic carbocycles. The standard InChI is InChI=1S/C12H22Cl2O2S2/c13-5-9(15)7-17-11-1-2-12(4-3-11)18-8-10(16)6-14/h9-12,15-16H,1-8H2. The molecule has 1 fully saturated rings. The van der Waals surface area contributed by atoms with E-state index in [9.17, 15) is 10.2 Å². The molecular formula is C12H22Cl2O2S2. The first-order chi connectivity index (χ1) is 8.65. The fraction of sp³-hybridized carbons (Fsp3) is 1.00. The molecule has 1 saturated carbocycles. The first kappa shape index (κ1) is 17.3. The second-order valence-electron chi connectivity index (χ2n) is 4.68. The zero-order valence-corrected chi connectivity index (χ0v) is 13.6. The second kappa shape index (κ2) is 10.0. The fourth-order valence-corrected chi connectivity index (χ4v) is 4.86. The molecule has 0 aliphatic heterocycles. The molecule has 0 heterocycles. The molecule has 1 rings (SSSR count). The fourth-order valence-electron chi connectivity index (χ4n) is 1.95. The van der Waals surface area contributed by atoms with Crippen LogP contribution < -0.4 is 0 Å². The highest BCUT2D eigenvalue weighted by Gasteiger charge is 2.22. The van der Waals surface area contributed by atoms with E-state index in [1.807, 2.05) is 23.5 Å². The molecule has 1 aliphatic rings. The summed E-state index contributed by atoms with van der Waals surface area (Å²) < 4.78 is 0. The Bertz CT molecular complexity index is 192. The van der Waals surface area contributed by atoms with Crippen LogP contribution in [0.25, 0.3) is 0 Å². The molecule has 2 atom stereocenters. The van der Waals surface area contributed by atoms with Gasteiger partial charge in [0.25, 0.3) is 0 Å². The van der Waals surface area contributed by atoms with Crippen LogP contribution in [0.4, 0.5) is 0 Å². The second-order valence-corrected chi connectivity index (χ2v) is 7.97. The van der Waals surface area contributed by atoms with Gasteiger partial charge in [-0.15, -0.1) is 23.2 Å². The molecule has 0 aromatic heterocycles. The minimum Gasteiger partial charge on any atom is -0.391 e. The highest BCUT2D eigenvalue weighted by Crippen LogP contribution is 2.34. The van der Waals surface area contributed by atoms with E-state index in [0.29, 0.717) is 22.3 Å². The maximum Gasteiger partial charge on any atom is 0.0765 e. The van der Waals surface area contributed by atoms with Gasteiger partial charge in [-0.3, -0.25) is 0 Å². The zero-order valence-electron chi connectivity index (χ0n) is 10.4. The molecule has 2 N–H and O–H groups in total. The summed E-state index contributed by atoms with van der Waals surface area (Å²) in [5.41, 5.74) is 0. The molecular weight excluding hydrogens is 311 g/mol. The summed E-state index contributed by atoms with van der Waals surface area (Å²) >= 11 is 14.8. The van der Waals surface area contributed by atoms with Crippen molar-refractivity contribution in [3.63, 3.8) is 0 Å². The average molecular weight is 333 g/mol. The Hall–Kier alpha value is 1.20. The average Bonchev–Trinajstić information content (AvgIpc) is 2.43. The van der Waals surface area contributed by atoms with Crippen molar-refractivity contribution < 1.29 is 10.2 Å². The molecule has 0 saturated heterocycles. The van der Waals surface area contributed by atoms with Gasteiger partial charge in [0.05, 0.1) is 12.2 Å². The van der Waals surface area contributed by atoms with Crippen molar-refractivity contribution >= 4 is 46.7 Å². The quantitative estimate of drug-likeness (QED) is 0.670. The lowest BCUT2D eigenvalue weighted by molar-refractivity contribution is 0.222. The largest absolute Gasteiger partial charge is 0.391 e. The summed E-state index contributed by atoms with van der Waals surface area (Å²) in [4.78, 5) is 0. The molecule has 18 heavy (non-hydrogen) atoms. The molecule has 0 amide bonds. The van der Waals surface area contributed by atoms with Gasteiger partial charge in [-0.1, -0.05) is 0 Å². The Morgan fingerprint density at radius 3 is 1.44 bits per heavy atom.